The number of allylic oxidation sites excluding steroid dienone is 3. The molecular weight excluding hydrogens is 456 g/mol. The zero-order valence-corrected chi connectivity index (χ0v) is 21.6. The second-order valence-corrected chi connectivity index (χ2v) is 12.3. The number of rotatable bonds is 3. The fourth-order valence-electron chi connectivity index (χ4n) is 8.03. The van der Waals surface area contributed by atoms with E-state index in [4.69, 9.17) is 10.5 Å². The summed E-state index contributed by atoms with van der Waals surface area (Å²) < 4.78 is 5.58. The lowest BCUT2D eigenvalue weighted by atomic mass is 9.47. The van der Waals surface area contributed by atoms with Crippen LogP contribution < -0.4 is 5.73 Å². The Kier molecular flexibility index (Phi) is 6.04. The number of amides is 1. The Morgan fingerprint density at radius 2 is 1.97 bits per heavy atom. The van der Waals surface area contributed by atoms with E-state index in [1.54, 1.807) is 11.3 Å². The number of primary amides is 1. The average molecular weight is 491 g/mol. The van der Waals surface area contributed by atoms with Gasteiger partial charge in [-0.3, -0.25) is 9.59 Å². The predicted octanol–water partition coefficient (Wildman–Crippen LogP) is 5.94. The lowest BCUT2D eigenvalue weighted by Crippen LogP contribution is -2.50. The van der Waals surface area contributed by atoms with Crippen molar-refractivity contribution in [1.82, 2.24) is 0 Å². The van der Waals surface area contributed by atoms with Gasteiger partial charge in [-0.2, -0.15) is 5.26 Å². The third kappa shape index (κ3) is 3.89. The fourth-order valence-corrected chi connectivity index (χ4v) is 8.71. The van der Waals surface area contributed by atoms with Crippen molar-refractivity contribution in [2.24, 2.45) is 34.3 Å². The van der Waals surface area contributed by atoms with Crippen molar-refractivity contribution in [3.63, 3.8) is 0 Å². The third-order valence-corrected chi connectivity index (χ3v) is 10.4. The molecule has 1 aromatic heterocycles. The number of nitrogens with zero attached hydrogens (tertiary/aromatic N) is 1. The first kappa shape index (κ1) is 24.1. The Hall–Kier alpha value is -2.65. The smallest absolute Gasteiger partial charge is 0.302 e. The molecule has 0 aromatic carbocycles. The number of hydrogen-bond acceptors (Lipinski definition) is 5. The van der Waals surface area contributed by atoms with Crippen molar-refractivity contribution in [3.05, 3.63) is 50.8 Å². The van der Waals surface area contributed by atoms with Crippen molar-refractivity contribution < 1.29 is 14.3 Å². The maximum atomic E-state index is 12.4. The molecule has 0 bridgehead atoms. The van der Waals surface area contributed by atoms with Gasteiger partial charge < -0.3 is 10.5 Å². The van der Waals surface area contributed by atoms with Crippen LogP contribution in [0.4, 0.5) is 0 Å². The van der Waals surface area contributed by atoms with Crippen molar-refractivity contribution in [2.45, 2.75) is 71.8 Å². The molecule has 3 fully saturated rings. The van der Waals surface area contributed by atoms with Crippen LogP contribution >= 0.6 is 11.3 Å². The van der Waals surface area contributed by atoms with Gasteiger partial charge in [0.2, 0.25) is 0 Å². The summed E-state index contributed by atoms with van der Waals surface area (Å²) in [5.41, 5.74) is 9.21. The normalized spacial score (nSPS) is 38.5. The molecule has 0 aliphatic heterocycles. The summed E-state index contributed by atoms with van der Waals surface area (Å²) >= 11 is 1.67. The molecule has 0 saturated heterocycles. The van der Waals surface area contributed by atoms with Crippen LogP contribution in [0.3, 0.4) is 0 Å². The maximum absolute atomic E-state index is 12.4. The zero-order chi connectivity index (χ0) is 25.0. The standard InChI is InChI=1S/C29H34N2O3S/c1-17(32)34-20-8-10-28(2)19(15-20)6-7-22-24(28)9-11-29(3)25(22)14-18(13-21-5-4-12-35-21)26(29)23(16-30)27(31)33/h4-6,12-13,20,22,24-25H,7-11,14-15H2,1-3H3,(H2,31,33)/b18-13+,26-23-/t20-,22+,24-,25-,28-,29-/m0/s1. The molecule has 5 nitrogen and oxygen atoms in total. The predicted molar refractivity (Wildman–Crippen MR) is 137 cm³/mol. The highest BCUT2D eigenvalue weighted by Crippen LogP contribution is 2.67. The number of carbonyl (C=O) groups is 2. The minimum Gasteiger partial charge on any atom is -0.462 e. The third-order valence-electron chi connectivity index (χ3n) is 9.58. The molecule has 4 aliphatic carbocycles. The van der Waals surface area contributed by atoms with E-state index >= 15 is 0 Å². The number of nitrogens with two attached hydrogens (primary N) is 1. The largest absolute Gasteiger partial charge is 0.462 e. The highest BCUT2D eigenvalue weighted by atomic mass is 32.1. The molecule has 0 radical (unpaired) electrons. The van der Waals surface area contributed by atoms with Gasteiger partial charge in [0.1, 0.15) is 17.7 Å². The van der Waals surface area contributed by atoms with E-state index in [2.05, 4.69) is 43.5 Å². The summed E-state index contributed by atoms with van der Waals surface area (Å²) in [7, 11) is 0. The minimum atomic E-state index is -0.620. The van der Waals surface area contributed by atoms with E-state index in [1.165, 1.54) is 12.5 Å². The number of hydrogen-bond donors (Lipinski definition) is 1. The average Bonchev–Trinajstić information content (AvgIpc) is 3.41. The quantitative estimate of drug-likeness (QED) is 0.245. The van der Waals surface area contributed by atoms with Crippen molar-refractivity contribution in [2.75, 3.05) is 0 Å². The van der Waals surface area contributed by atoms with Gasteiger partial charge in [0.05, 0.1) is 0 Å². The lowest BCUT2D eigenvalue weighted by Gasteiger charge is -2.57. The second-order valence-electron chi connectivity index (χ2n) is 11.3. The van der Waals surface area contributed by atoms with Crippen LogP contribution in [0.25, 0.3) is 6.08 Å². The van der Waals surface area contributed by atoms with Crippen LogP contribution in [-0.4, -0.2) is 18.0 Å². The Bertz CT molecular complexity index is 1190. The molecule has 5 rings (SSSR count). The van der Waals surface area contributed by atoms with Gasteiger partial charge in [-0.1, -0.05) is 31.6 Å². The lowest BCUT2D eigenvalue weighted by molar-refractivity contribution is -0.148. The Balaban J connectivity index is 1.54. The number of thiophene rings is 1. The Morgan fingerprint density at radius 3 is 2.63 bits per heavy atom. The van der Waals surface area contributed by atoms with Gasteiger partial charge >= 0.3 is 5.97 Å². The molecule has 6 heteroatoms. The first-order valence-corrected chi connectivity index (χ1v) is 13.6. The van der Waals surface area contributed by atoms with Crippen LogP contribution in [0.15, 0.2) is 45.9 Å². The van der Waals surface area contributed by atoms with Crippen molar-refractivity contribution >= 4 is 29.3 Å². The van der Waals surface area contributed by atoms with E-state index in [0.29, 0.717) is 17.8 Å². The summed E-state index contributed by atoms with van der Waals surface area (Å²) in [6, 6.07) is 6.28. The molecule has 35 heavy (non-hydrogen) atoms. The molecule has 184 valence electrons. The molecule has 1 aromatic rings. The summed E-state index contributed by atoms with van der Waals surface area (Å²) in [6.45, 7) is 6.17. The van der Waals surface area contributed by atoms with Gasteiger partial charge in [-0.25, -0.2) is 0 Å². The zero-order valence-electron chi connectivity index (χ0n) is 20.8. The fraction of sp³-hybridized carbons (Fsp3) is 0.552. The highest BCUT2D eigenvalue weighted by Gasteiger charge is 2.59. The number of fused-ring (bicyclic) bond motifs is 5. The van der Waals surface area contributed by atoms with Gasteiger partial charge in [0.15, 0.2) is 0 Å². The van der Waals surface area contributed by atoms with Gasteiger partial charge in [0.25, 0.3) is 5.91 Å². The molecular formula is C29H34N2O3S. The molecule has 2 N–H and O–H groups in total. The minimum absolute atomic E-state index is 0.00710. The number of esters is 1. The molecule has 1 amide bonds. The molecule has 6 atom stereocenters. The van der Waals surface area contributed by atoms with Crippen LogP contribution in [-0.2, 0) is 14.3 Å². The van der Waals surface area contributed by atoms with E-state index in [0.717, 1.165) is 61.0 Å². The van der Waals surface area contributed by atoms with Crippen molar-refractivity contribution in [1.29, 1.82) is 5.26 Å². The number of carbonyl (C=O) groups excluding carboxylic acids is 2. The molecule has 3 saturated carbocycles. The van der Waals surface area contributed by atoms with E-state index in [9.17, 15) is 14.9 Å². The molecule has 0 unspecified atom stereocenters. The summed E-state index contributed by atoms with van der Waals surface area (Å²) in [5.74, 6) is 0.598. The molecule has 1 heterocycles. The Morgan fingerprint density at radius 1 is 1.20 bits per heavy atom. The van der Waals surface area contributed by atoms with Crippen LogP contribution in [0.1, 0.15) is 70.6 Å². The second kappa shape index (κ2) is 8.78. The van der Waals surface area contributed by atoms with Crippen molar-refractivity contribution in [3.8, 4) is 6.07 Å². The maximum Gasteiger partial charge on any atom is 0.302 e. The van der Waals surface area contributed by atoms with Crippen LogP contribution in [0.5, 0.6) is 0 Å². The summed E-state index contributed by atoms with van der Waals surface area (Å²) in [4.78, 5) is 25.1. The number of nitriles is 1. The van der Waals surface area contributed by atoms with Crippen LogP contribution in [0.2, 0.25) is 0 Å². The number of ether oxygens (including phenoxy) is 1. The van der Waals surface area contributed by atoms with Gasteiger partial charge in [-0.15, -0.1) is 11.3 Å². The topological polar surface area (TPSA) is 93.2 Å². The van der Waals surface area contributed by atoms with Gasteiger partial charge in [0, 0.05) is 18.2 Å². The monoisotopic (exact) mass is 490 g/mol. The molecule has 4 aliphatic rings. The SMILES string of the molecule is CC(=O)O[C@H]1CC[C@@]2(C)C(=CC[C@@H]3[C@@H]2CC[C@]2(C)C(=C(/C#N)C(N)=O)/C(=C/c4cccs4)C[C@@H]32)C1. The first-order valence-electron chi connectivity index (χ1n) is 12.7. The Labute approximate surface area is 211 Å². The molecule has 0 spiro atoms. The van der Waals surface area contributed by atoms with E-state index in [-0.39, 0.29) is 28.5 Å². The van der Waals surface area contributed by atoms with E-state index < -0.39 is 5.91 Å². The first-order chi connectivity index (χ1) is 16.7. The van der Waals surface area contributed by atoms with E-state index in [1.807, 2.05) is 6.07 Å². The van der Waals surface area contributed by atoms with Gasteiger partial charge in [-0.05, 0) is 95.8 Å². The highest BCUT2D eigenvalue weighted by molar-refractivity contribution is 7.10. The summed E-state index contributed by atoms with van der Waals surface area (Å²) in [6.07, 6.45) is 11.3. The summed E-state index contributed by atoms with van der Waals surface area (Å²) in [5, 5.41) is 12.0. The van der Waals surface area contributed by atoms with Crippen LogP contribution in [0, 0.1) is 39.9 Å².